The van der Waals surface area contributed by atoms with Crippen molar-refractivity contribution in [1.29, 1.82) is 0 Å². The maximum absolute atomic E-state index is 12.7. The Kier molecular flexibility index (Phi) is 5.35. The molecule has 0 radical (unpaired) electrons. The summed E-state index contributed by atoms with van der Waals surface area (Å²) in [5.41, 5.74) is 4.15. The highest BCUT2D eigenvalue weighted by molar-refractivity contribution is 5.97. The lowest BCUT2D eigenvalue weighted by Gasteiger charge is -2.21. The fourth-order valence-electron chi connectivity index (χ4n) is 1.79. The van der Waals surface area contributed by atoms with Gasteiger partial charge in [0.25, 0.3) is 5.91 Å². The number of carbonyl (C=O) groups excluding carboxylic acids is 1. The Hall–Kier alpha value is -1.79. The van der Waals surface area contributed by atoms with Gasteiger partial charge in [-0.15, -0.1) is 0 Å². The summed E-state index contributed by atoms with van der Waals surface area (Å²) in [6.07, 6.45) is -1.79. The van der Waals surface area contributed by atoms with Gasteiger partial charge in [0, 0.05) is 13.6 Å². The number of aromatic nitrogens is 1. The number of pyridine rings is 1. The number of hydrogen-bond donors (Lipinski definition) is 1. The molecule has 0 unspecified atom stereocenters. The van der Waals surface area contributed by atoms with E-state index in [9.17, 15) is 18.0 Å². The van der Waals surface area contributed by atoms with Crippen molar-refractivity contribution in [2.24, 2.45) is 5.73 Å². The van der Waals surface area contributed by atoms with E-state index in [0.29, 0.717) is 6.54 Å². The Morgan fingerprint density at radius 2 is 2.00 bits per heavy atom. The largest absolute Gasteiger partial charge is 0.433 e. The van der Waals surface area contributed by atoms with Crippen molar-refractivity contribution >= 4 is 11.7 Å². The van der Waals surface area contributed by atoms with Crippen LogP contribution in [0, 0.1) is 0 Å². The SMILES string of the molecule is CCCCCN(C)c1nc(C(F)(F)F)ccc1C(N)=O. The lowest BCUT2D eigenvalue weighted by molar-refractivity contribution is -0.141. The standard InChI is InChI=1S/C13H18F3N3O/c1-3-4-5-8-19(2)12-9(11(17)20)6-7-10(18-12)13(14,15)16/h6-7H,3-5,8H2,1-2H3,(H2,17,20). The summed E-state index contributed by atoms with van der Waals surface area (Å²) in [4.78, 5) is 16.4. The van der Waals surface area contributed by atoms with Crippen molar-refractivity contribution in [3.05, 3.63) is 23.4 Å². The quantitative estimate of drug-likeness (QED) is 0.819. The molecule has 2 N–H and O–H groups in total. The van der Waals surface area contributed by atoms with Gasteiger partial charge < -0.3 is 10.6 Å². The van der Waals surface area contributed by atoms with Gasteiger partial charge >= 0.3 is 6.18 Å². The summed E-state index contributed by atoms with van der Waals surface area (Å²) >= 11 is 0. The normalized spacial score (nSPS) is 11.4. The van der Waals surface area contributed by atoms with Crippen molar-refractivity contribution in [1.82, 2.24) is 4.98 Å². The number of unbranched alkanes of at least 4 members (excludes halogenated alkanes) is 2. The minimum Gasteiger partial charge on any atom is -0.365 e. The van der Waals surface area contributed by atoms with E-state index in [4.69, 9.17) is 5.73 Å². The summed E-state index contributed by atoms with van der Waals surface area (Å²) in [6, 6.07) is 1.84. The zero-order chi connectivity index (χ0) is 15.3. The Balaban J connectivity index is 3.08. The van der Waals surface area contributed by atoms with Crippen molar-refractivity contribution in [3.63, 3.8) is 0 Å². The lowest BCUT2D eigenvalue weighted by atomic mass is 10.2. The molecule has 0 saturated heterocycles. The molecule has 0 aliphatic rings. The van der Waals surface area contributed by atoms with Gasteiger partial charge in [0.1, 0.15) is 11.5 Å². The van der Waals surface area contributed by atoms with Gasteiger partial charge in [-0.1, -0.05) is 19.8 Å². The monoisotopic (exact) mass is 289 g/mol. The number of primary amides is 1. The highest BCUT2D eigenvalue weighted by Crippen LogP contribution is 2.30. The van der Waals surface area contributed by atoms with Crippen LogP contribution in [0.4, 0.5) is 19.0 Å². The number of anilines is 1. The first-order valence-corrected chi connectivity index (χ1v) is 6.36. The number of nitrogens with two attached hydrogens (primary N) is 1. The maximum atomic E-state index is 12.7. The number of amides is 1. The predicted molar refractivity (Wildman–Crippen MR) is 70.6 cm³/mol. The molecule has 1 aromatic rings. The van der Waals surface area contributed by atoms with E-state index in [1.807, 2.05) is 6.92 Å². The molecule has 0 fully saturated rings. The number of halogens is 3. The molecule has 0 bridgehead atoms. The van der Waals surface area contributed by atoms with E-state index in [1.54, 1.807) is 7.05 Å². The molecule has 7 heteroatoms. The summed E-state index contributed by atoms with van der Waals surface area (Å²) in [5.74, 6) is -0.813. The molecule has 0 saturated carbocycles. The summed E-state index contributed by atoms with van der Waals surface area (Å²) in [6.45, 7) is 2.54. The van der Waals surface area contributed by atoms with Crippen molar-refractivity contribution in [2.45, 2.75) is 32.4 Å². The fourth-order valence-corrected chi connectivity index (χ4v) is 1.79. The lowest BCUT2D eigenvalue weighted by Crippen LogP contribution is -2.26. The molecule has 1 aromatic heterocycles. The van der Waals surface area contributed by atoms with E-state index < -0.39 is 17.8 Å². The van der Waals surface area contributed by atoms with Crippen LogP contribution in [0.15, 0.2) is 12.1 Å². The average molecular weight is 289 g/mol. The number of nitrogens with zero attached hydrogens (tertiary/aromatic N) is 2. The molecule has 112 valence electrons. The second kappa shape index (κ2) is 6.58. The van der Waals surface area contributed by atoms with E-state index in [0.717, 1.165) is 31.4 Å². The molecule has 20 heavy (non-hydrogen) atoms. The van der Waals surface area contributed by atoms with Crippen LogP contribution in [0.25, 0.3) is 0 Å². The fraction of sp³-hybridized carbons (Fsp3) is 0.538. The Bertz CT molecular complexity index is 474. The van der Waals surface area contributed by atoms with E-state index in [-0.39, 0.29) is 11.4 Å². The van der Waals surface area contributed by atoms with Crippen LogP contribution in [0.2, 0.25) is 0 Å². The Morgan fingerprint density at radius 1 is 1.35 bits per heavy atom. The maximum Gasteiger partial charge on any atom is 0.433 e. The van der Waals surface area contributed by atoms with Gasteiger partial charge in [-0.25, -0.2) is 4.98 Å². The molecule has 1 rings (SSSR count). The first-order valence-electron chi connectivity index (χ1n) is 6.36. The molecular formula is C13H18F3N3O. The number of hydrogen-bond acceptors (Lipinski definition) is 3. The summed E-state index contributed by atoms with van der Waals surface area (Å²) in [5, 5.41) is 0. The Morgan fingerprint density at radius 3 is 2.50 bits per heavy atom. The third-order valence-corrected chi connectivity index (χ3v) is 2.89. The average Bonchev–Trinajstić information content (AvgIpc) is 2.37. The zero-order valence-electron chi connectivity index (χ0n) is 11.5. The van der Waals surface area contributed by atoms with Gasteiger partial charge in [0.2, 0.25) is 0 Å². The first-order chi connectivity index (χ1) is 9.27. The molecule has 0 atom stereocenters. The van der Waals surface area contributed by atoms with Crippen LogP contribution in [0.3, 0.4) is 0 Å². The van der Waals surface area contributed by atoms with Crippen molar-refractivity contribution < 1.29 is 18.0 Å². The molecule has 1 amide bonds. The number of rotatable bonds is 6. The van der Waals surface area contributed by atoms with Crippen molar-refractivity contribution in [2.75, 3.05) is 18.5 Å². The van der Waals surface area contributed by atoms with E-state index >= 15 is 0 Å². The van der Waals surface area contributed by atoms with Gasteiger partial charge in [-0.2, -0.15) is 13.2 Å². The summed E-state index contributed by atoms with van der Waals surface area (Å²) < 4.78 is 38.0. The molecule has 0 aliphatic carbocycles. The highest BCUT2D eigenvalue weighted by atomic mass is 19.4. The topological polar surface area (TPSA) is 59.2 Å². The van der Waals surface area contributed by atoms with Crippen LogP contribution in [-0.2, 0) is 6.18 Å². The first kappa shape index (κ1) is 16.3. The number of carbonyl (C=O) groups is 1. The molecule has 0 aromatic carbocycles. The summed E-state index contributed by atoms with van der Waals surface area (Å²) in [7, 11) is 1.60. The molecule has 0 aliphatic heterocycles. The van der Waals surface area contributed by atoms with Gasteiger partial charge in [-0.3, -0.25) is 4.79 Å². The van der Waals surface area contributed by atoms with Crippen LogP contribution in [0.1, 0.15) is 42.2 Å². The van der Waals surface area contributed by atoms with Crippen LogP contribution < -0.4 is 10.6 Å². The minimum absolute atomic E-state index is 0.00278. The van der Waals surface area contributed by atoms with Gasteiger partial charge in [0.05, 0.1) is 5.56 Å². The van der Waals surface area contributed by atoms with E-state index in [2.05, 4.69) is 4.98 Å². The van der Waals surface area contributed by atoms with Crippen LogP contribution in [0.5, 0.6) is 0 Å². The smallest absolute Gasteiger partial charge is 0.365 e. The molecule has 4 nitrogen and oxygen atoms in total. The highest BCUT2D eigenvalue weighted by Gasteiger charge is 2.33. The Labute approximate surface area is 115 Å². The second-order valence-corrected chi connectivity index (χ2v) is 4.56. The molecular weight excluding hydrogens is 271 g/mol. The number of alkyl halides is 3. The molecule has 0 spiro atoms. The zero-order valence-corrected chi connectivity index (χ0v) is 11.5. The van der Waals surface area contributed by atoms with Gasteiger partial charge in [0.15, 0.2) is 0 Å². The molecule has 1 heterocycles. The van der Waals surface area contributed by atoms with Crippen LogP contribution >= 0.6 is 0 Å². The van der Waals surface area contributed by atoms with Gasteiger partial charge in [-0.05, 0) is 18.6 Å². The third kappa shape index (κ3) is 4.11. The predicted octanol–water partition coefficient (Wildman–Crippen LogP) is 2.83. The minimum atomic E-state index is -4.55. The van der Waals surface area contributed by atoms with E-state index in [1.165, 1.54) is 4.90 Å². The third-order valence-electron chi connectivity index (χ3n) is 2.89. The second-order valence-electron chi connectivity index (χ2n) is 4.56. The van der Waals surface area contributed by atoms with Crippen molar-refractivity contribution in [3.8, 4) is 0 Å². The van der Waals surface area contributed by atoms with Crippen LogP contribution in [-0.4, -0.2) is 24.5 Å².